The van der Waals surface area contributed by atoms with Gasteiger partial charge in [0.05, 0.1) is 18.1 Å². The molecule has 0 aliphatic rings. The van der Waals surface area contributed by atoms with E-state index in [0.717, 1.165) is 15.2 Å². The van der Waals surface area contributed by atoms with Crippen molar-refractivity contribution in [3.8, 4) is 5.75 Å². The van der Waals surface area contributed by atoms with E-state index < -0.39 is 29.7 Å². The molecule has 5 nitrogen and oxygen atoms in total. The van der Waals surface area contributed by atoms with Crippen LogP contribution in [-0.2, 0) is 22.5 Å². The van der Waals surface area contributed by atoms with Gasteiger partial charge in [-0.25, -0.2) is 8.78 Å². The number of rotatable bonds is 12. The minimum Gasteiger partial charge on any atom is -0.491 e. The standard InChI is InChI=1S/C26H26ClF2IN2O3/c27-22-6-1-2-7-24(22)34-9-8-26(33)35-25(16-32-15-17-4-3-5-21(30)12-17)23(31)13-18-10-19(28)14-20(29)11-18/h1-7,10-12,14,23,25,32H,8-9,13,15-16,31H2/t23-,25+/m0/s1. The van der Waals surface area contributed by atoms with Crippen molar-refractivity contribution < 1.29 is 23.0 Å². The predicted molar refractivity (Wildman–Crippen MR) is 140 cm³/mol. The summed E-state index contributed by atoms with van der Waals surface area (Å²) in [7, 11) is 0. The molecule has 0 aromatic heterocycles. The predicted octanol–water partition coefficient (Wildman–Crippen LogP) is 5.26. The molecule has 3 N–H and O–H groups in total. The number of benzene rings is 3. The van der Waals surface area contributed by atoms with Gasteiger partial charge >= 0.3 is 5.97 Å². The minimum atomic E-state index is -0.725. The van der Waals surface area contributed by atoms with Crippen LogP contribution in [0.5, 0.6) is 5.75 Å². The number of nitrogens with one attached hydrogen (secondary N) is 1. The van der Waals surface area contributed by atoms with Crippen molar-refractivity contribution in [2.45, 2.75) is 31.5 Å². The highest BCUT2D eigenvalue weighted by molar-refractivity contribution is 14.1. The molecule has 0 saturated heterocycles. The van der Waals surface area contributed by atoms with Crippen LogP contribution < -0.4 is 15.8 Å². The Bertz CT molecular complexity index is 1120. The van der Waals surface area contributed by atoms with Crippen LogP contribution in [0.2, 0.25) is 5.02 Å². The van der Waals surface area contributed by atoms with E-state index in [9.17, 15) is 13.6 Å². The number of hydrogen-bond donors (Lipinski definition) is 2. The lowest BCUT2D eigenvalue weighted by Gasteiger charge is -2.25. The number of hydrogen-bond acceptors (Lipinski definition) is 5. The summed E-state index contributed by atoms with van der Waals surface area (Å²) in [5.74, 6) is -1.40. The third kappa shape index (κ3) is 9.36. The Morgan fingerprint density at radius 2 is 1.77 bits per heavy atom. The van der Waals surface area contributed by atoms with Crippen molar-refractivity contribution in [1.29, 1.82) is 0 Å². The molecule has 0 bridgehead atoms. The summed E-state index contributed by atoms with van der Waals surface area (Å²) in [4.78, 5) is 12.5. The molecule has 0 spiro atoms. The van der Waals surface area contributed by atoms with E-state index in [1.807, 2.05) is 24.3 Å². The normalized spacial score (nSPS) is 12.7. The van der Waals surface area contributed by atoms with E-state index in [4.69, 9.17) is 26.8 Å². The van der Waals surface area contributed by atoms with Crippen molar-refractivity contribution in [1.82, 2.24) is 5.32 Å². The van der Waals surface area contributed by atoms with E-state index in [2.05, 4.69) is 27.9 Å². The van der Waals surface area contributed by atoms with Crippen LogP contribution in [0.1, 0.15) is 17.5 Å². The molecule has 186 valence electrons. The van der Waals surface area contributed by atoms with Crippen LogP contribution in [0.4, 0.5) is 8.78 Å². The molecule has 2 atom stereocenters. The molecule has 3 aromatic carbocycles. The fourth-order valence-corrected chi connectivity index (χ4v) is 4.25. The average Bonchev–Trinajstić information content (AvgIpc) is 2.79. The summed E-state index contributed by atoms with van der Waals surface area (Å²) in [6.45, 7) is 0.888. The molecule has 9 heteroatoms. The van der Waals surface area contributed by atoms with Crippen molar-refractivity contribution in [3.05, 3.63) is 98.1 Å². The lowest BCUT2D eigenvalue weighted by atomic mass is 10.0. The lowest BCUT2D eigenvalue weighted by Crippen LogP contribution is -2.46. The fraction of sp³-hybridized carbons (Fsp3) is 0.269. The second kappa shape index (κ2) is 13.7. The van der Waals surface area contributed by atoms with Gasteiger partial charge in [-0.2, -0.15) is 0 Å². The third-order valence-electron chi connectivity index (χ3n) is 5.12. The fourth-order valence-electron chi connectivity index (χ4n) is 3.45. The van der Waals surface area contributed by atoms with Gasteiger partial charge in [0, 0.05) is 28.8 Å². The lowest BCUT2D eigenvalue weighted by molar-refractivity contribution is -0.150. The Kier molecular flexibility index (Phi) is 10.7. The molecule has 0 heterocycles. The van der Waals surface area contributed by atoms with E-state index in [0.29, 0.717) is 22.9 Å². The zero-order chi connectivity index (χ0) is 25.2. The Balaban J connectivity index is 1.59. The first kappa shape index (κ1) is 27.3. The summed E-state index contributed by atoms with van der Waals surface area (Å²) >= 11 is 8.30. The van der Waals surface area contributed by atoms with Crippen molar-refractivity contribution in [3.63, 3.8) is 0 Å². The average molecular weight is 615 g/mol. The van der Waals surface area contributed by atoms with Gasteiger partial charge in [0.25, 0.3) is 0 Å². The molecule has 3 rings (SSSR count). The number of halogens is 4. The van der Waals surface area contributed by atoms with Gasteiger partial charge in [0.15, 0.2) is 0 Å². The highest BCUT2D eigenvalue weighted by Crippen LogP contribution is 2.23. The smallest absolute Gasteiger partial charge is 0.309 e. The summed E-state index contributed by atoms with van der Waals surface area (Å²) in [6.07, 6.45) is -0.606. The molecule has 0 fully saturated rings. The van der Waals surface area contributed by atoms with Crippen LogP contribution in [0.3, 0.4) is 0 Å². The molecule has 3 aromatic rings. The van der Waals surface area contributed by atoms with Crippen molar-refractivity contribution >= 4 is 40.2 Å². The highest BCUT2D eigenvalue weighted by atomic mass is 127. The van der Waals surface area contributed by atoms with Gasteiger partial charge in [0.2, 0.25) is 0 Å². The summed E-state index contributed by atoms with van der Waals surface area (Å²) in [5.41, 5.74) is 7.78. The van der Waals surface area contributed by atoms with Gasteiger partial charge in [-0.1, -0.05) is 35.9 Å². The number of esters is 1. The molecule has 0 unspecified atom stereocenters. The first-order chi connectivity index (χ1) is 16.8. The third-order valence-corrected chi connectivity index (χ3v) is 6.10. The maximum atomic E-state index is 13.6. The highest BCUT2D eigenvalue weighted by Gasteiger charge is 2.23. The van der Waals surface area contributed by atoms with Gasteiger partial charge in [-0.15, -0.1) is 0 Å². The number of carbonyl (C=O) groups excluding carboxylic acids is 1. The first-order valence-corrected chi connectivity index (χ1v) is 12.5. The zero-order valence-corrected chi connectivity index (χ0v) is 21.8. The minimum absolute atomic E-state index is 0.0140. The number of para-hydroxylation sites is 1. The van der Waals surface area contributed by atoms with E-state index in [1.54, 1.807) is 24.3 Å². The number of nitrogens with two attached hydrogens (primary N) is 1. The first-order valence-electron chi connectivity index (χ1n) is 11.0. The van der Waals surface area contributed by atoms with Crippen LogP contribution in [-0.4, -0.2) is 31.3 Å². The van der Waals surface area contributed by atoms with Crippen molar-refractivity contribution in [2.24, 2.45) is 5.73 Å². The van der Waals surface area contributed by atoms with Crippen LogP contribution in [0.25, 0.3) is 0 Å². The molecule has 35 heavy (non-hydrogen) atoms. The van der Waals surface area contributed by atoms with Crippen LogP contribution in [0, 0.1) is 15.2 Å². The number of ether oxygens (including phenoxy) is 2. The summed E-state index contributed by atoms with van der Waals surface area (Å²) in [5, 5.41) is 3.70. The largest absolute Gasteiger partial charge is 0.491 e. The molecular weight excluding hydrogens is 589 g/mol. The summed E-state index contributed by atoms with van der Waals surface area (Å²) in [6, 6.07) is 17.5. The topological polar surface area (TPSA) is 73.6 Å². The van der Waals surface area contributed by atoms with Gasteiger partial charge in [-0.3, -0.25) is 4.79 Å². The van der Waals surface area contributed by atoms with Gasteiger partial charge < -0.3 is 20.5 Å². The maximum absolute atomic E-state index is 13.6. The number of carbonyl (C=O) groups is 1. The van der Waals surface area contributed by atoms with Crippen LogP contribution >= 0.6 is 34.2 Å². The molecule has 0 aliphatic carbocycles. The maximum Gasteiger partial charge on any atom is 0.309 e. The van der Waals surface area contributed by atoms with E-state index in [-0.39, 0.29) is 26.0 Å². The Hall–Kier alpha value is -2.27. The van der Waals surface area contributed by atoms with Crippen molar-refractivity contribution in [2.75, 3.05) is 13.2 Å². The zero-order valence-electron chi connectivity index (χ0n) is 18.9. The Morgan fingerprint density at radius 3 is 2.49 bits per heavy atom. The molecule has 0 aliphatic heterocycles. The van der Waals surface area contributed by atoms with E-state index >= 15 is 0 Å². The van der Waals surface area contributed by atoms with Crippen LogP contribution in [0.15, 0.2) is 66.7 Å². The second-order valence-corrected chi connectivity index (χ2v) is 9.62. The van der Waals surface area contributed by atoms with Gasteiger partial charge in [-0.05, 0) is 76.5 Å². The van der Waals surface area contributed by atoms with Gasteiger partial charge in [0.1, 0.15) is 23.5 Å². The monoisotopic (exact) mass is 614 g/mol. The SMILES string of the molecule is N[C@@H](Cc1cc(F)cc(F)c1)[C@@H](CNCc1cccc(I)c1)OC(=O)CCOc1ccccc1Cl. The molecular formula is C26H26ClF2IN2O3. The Labute approximate surface area is 222 Å². The summed E-state index contributed by atoms with van der Waals surface area (Å²) < 4.78 is 39.5. The molecule has 0 saturated carbocycles. The molecule has 0 radical (unpaired) electrons. The molecule has 0 amide bonds. The van der Waals surface area contributed by atoms with E-state index in [1.165, 1.54) is 12.1 Å². The Morgan fingerprint density at radius 1 is 1.03 bits per heavy atom. The second-order valence-electron chi connectivity index (χ2n) is 7.96. The quantitative estimate of drug-likeness (QED) is 0.215.